The zero-order valence-electron chi connectivity index (χ0n) is 15.7. The van der Waals surface area contributed by atoms with Gasteiger partial charge in [-0.25, -0.2) is 9.59 Å². The number of aliphatic imine (C=N–C) groups is 1. The molecule has 0 spiro atoms. The van der Waals surface area contributed by atoms with Crippen molar-refractivity contribution in [2.75, 3.05) is 13.2 Å². The molecule has 5 heteroatoms. The van der Waals surface area contributed by atoms with Gasteiger partial charge in [0.25, 0.3) is 0 Å². The highest BCUT2D eigenvalue weighted by molar-refractivity contribution is 5.89. The molecule has 0 aliphatic rings. The number of carbonyl (C=O) groups excluding carboxylic acids is 1. The van der Waals surface area contributed by atoms with Crippen LogP contribution in [-0.2, 0) is 4.74 Å². The molecule has 0 unspecified atom stereocenters. The Kier molecular flexibility index (Phi) is 11.7. The molecule has 0 aromatic heterocycles. The van der Waals surface area contributed by atoms with Gasteiger partial charge in [0.2, 0.25) is 0 Å². The molecule has 0 heterocycles. The average molecular weight is 369 g/mol. The van der Waals surface area contributed by atoms with E-state index in [1.807, 2.05) is 24.4 Å². The lowest BCUT2D eigenvalue weighted by molar-refractivity contribution is 0.0502. The molecule has 1 N–H and O–H groups in total. The Morgan fingerprint density at radius 2 is 1.56 bits per heavy atom. The van der Waals surface area contributed by atoms with Crippen molar-refractivity contribution in [3.05, 3.63) is 71.8 Å². The predicted molar refractivity (Wildman–Crippen MR) is 108 cm³/mol. The maximum Gasteiger partial charge on any atom is 0.338 e. The SMILES string of the molecule is CCCCN=CCCCOC(=O)c1ccccc1.O=C(O)c1ccccc1. The van der Waals surface area contributed by atoms with E-state index in [0.29, 0.717) is 17.7 Å². The van der Waals surface area contributed by atoms with Crippen molar-refractivity contribution in [3.63, 3.8) is 0 Å². The number of benzene rings is 2. The summed E-state index contributed by atoms with van der Waals surface area (Å²) in [4.78, 5) is 26.0. The third-order valence-electron chi connectivity index (χ3n) is 3.51. The summed E-state index contributed by atoms with van der Waals surface area (Å²) >= 11 is 0. The second-order valence-electron chi connectivity index (χ2n) is 5.76. The Bertz CT molecular complexity index is 684. The highest BCUT2D eigenvalue weighted by atomic mass is 16.5. The molecular weight excluding hydrogens is 342 g/mol. The Balaban J connectivity index is 0.000000337. The number of ether oxygens (including phenoxy) is 1. The third-order valence-corrected chi connectivity index (χ3v) is 3.51. The largest absolute Gasteiger partial charge is 0.478 e. The first kappa shape index (κ1) is 22.1. The first-order chi connectivity index (χ1) is 13.1. The summed E-state index contributed by atoms with van der Waals surface area (Å²) in [6.45, 7) is 3.51. The van der Waals surface area contributed by atoms with Gasteiger partial charge in [-0.05, 0) is 49.7 Å². The quantitative estimate of drug-likeness (QED) is 0.388. The molecule has 0 atom stereocenters. The Labute approximate surface area is 160 Å². The summed E-state index contributed by atoms with van der Waals surface area (Å²) in [5.74, 6) is -1.13. The van der Waals surface area contributed by atoms with E-state index in [-0.39, 0.29) is 5.97 Å². The lowest BCUT2D eigenvalue weighted by Crippen LogP contribution is -2.06. The van der Waals surface area contributed by atoms with E-state index in [9.17, 15) is 9.59 Å². The summed E-state index contributed by atoms with van der Waals surface area (Å²) in [6.07, 6.45) is 5.93. The summed E-state index contributed by atoms with van der Waals surface area (Å²) < 4.78 is 5.16. The fourth-order valence-electron chi connectivity index (χ4n) is 2.01. The molecule has 0 amide bonds. The predicted octanol–water partition coefficient (Wildman–Crippen LogP) is 4.88. The minimum atomic E-state index is -0.879. The van der Waals surface area contributed by atoms with Crippen molar-refractivity contribution < 1.29 is 19.4 Å². The summed E-state index contributed by atoms with van der Waals surface area (Å²) in [5.41, 5.74) is 0.937. The smallest absolute Gasteiger partial charge is 0.338 e. The zero-order valence-corrected chi connectivity index (χ0v) is 15.7. The number of aromatic carboxylic acids is 1. The van der Waals surface area contributed by atoms with E-state index in [4.69, 9.17) is 9.84 Å². The molecule has 0 aliphatic carbocycles. The Morgan fingerprint density at radius 3 is 2.07 bits per heavy atom. The fraction of sp³-hybridized carbons (Fsp3) is 0.318. The number of rotatable bonds is 9. The van der Waals surface area contributed by atoms with Gasteiger partial charge in [-0.1, -0.05) is 49.7 Å². The average Bonchev–Trinajstić information content (AvgIpc) is 2.71. The number of unbranched alkanes of at least 4 members (excludes halogenated alkanes) is 2. The van der Waals surface area contributed by atoms with Crippen molar-refractivity contribution in [1.82, 2.24) is 0 Å². The van der Waals surface area contributed by atoms with E-state index in [1.54, 1.807) is 42.5 Å². The molecule has 0 radical (unpaired) electrons. The minimum Gasteiger partial charge on any atom is -0.478 e. The van der Waals surface area contributed by atoms with Crippen molar-refractivity contribution in [1.29, 1.82) is 0 Å². The van der Waals surface area contributed by atoms with Gasteiger partial charge in [-0.15, -0.1) is 0 Å². The van der Waals surface area contributed by atoms with Crippen molar-refractivity contribution >= 4 is 18.2 Å². The van der Waals surface area contributed by atoms with Crippen molar-refractivity contribution in [2.24, 2.45) is 4.99 Å². The van der Waals surface area contributed by atoms with Gasteiger partial charge in [0.15, 0.2) is 0 Å². The number of hydrogen-bond donors (Lipinski definition) is 1. The van der Waals surface area contributed by atoms with Gasteiger partial charge in [-0.3, -0.25) is 4.99 Å². The Morgan fingerprint density at radius 1 is 0.963 bits per heavy atom. The van der Waals surface area contributed by atoms with Gasteiger partial charge in [0, 0.05) is 6.54 Å². The van der Waals surface area contributed by atoms with Crippen LogP contribution in [0.1, 0.15) is 53.3 Å². The summed E-state index contributed by atoms with van der Waals surface area (Å²) in [5, 5.41) is 8.38. The molecular formula is C22H27NO4. The molecule has 0 fully saturated rings. The molecule has 2 aromatic carbocycles. The van der Waals surface area contributed by atoms with E-state index >= 15 is 0 Å². The minimum absolute atomic E-state index is 0.251. The zero-order chi connectivity index (χ0) is 19.7. The van der Waals surface area contributed by atoms with Crippen LogP contribution in [0.15, 0.2) is 65.7 Å². The third kappa shape index (κ3) is 10.6. The molecule has 0 saturated heterocycles. The number of carbonyl (C=O) groups is 2. The van der Waals surface area contributed by atoms with E-state index < -0.39 is 5.97 Å². The van der Waals surface area contributed by atoms with Gasteiger partial charge in [-0.2, -0.15) is 0 Å². The number of nitrogens with zero attached hydrogens (tertiary/aromatic N) is 1. The summed E-state index contributed by atoms with van der Waals surface area (Å²) in [6, 6.07) is 17.4. The van der Waals surface area contributed by atoms with Crippen LogP contribution in [0.2, 0.25) is 0 Å². The second kappa shape index (κ2) is 14.2. The van der Waals surface area contributed by atoms with Gasteiger partial charge < -0.3 is 9.84 Å². The van der Waals surface area contributed by atoms with Crippen LogP contribution in [0.3, 0.4) is 0 Å². The topological polar surface area (TPSA) is 76.0 Å². The lowest BCUT2D eigenvalue weighted by Gasteiger charge is -2.03. The standard InChI is InChI=1S/C15H21NO2.C7H6O2/c1-2-3-11-16-12-7-8-13-18-15(17)14-9-5-4-6-10-14;8-7(9)6-4-2-1-3-5-6/h4-6,9-10,12H,2-3,7-8,11,13H2,1H3;1-5H,(H,8,9). The molecule has 27 heavy (non-hydrogen) atoms. The molecule has 0 bridgehead atoms. The molecule has 144 valence electrons. The van der Waals surface area contributed by atoms with E-state index in [1.165, 1.54) is 6.42 Å². The fourth-order valence-corrected chi connectivity index (χ4v) is 2.01. The molecule has 0 aliphatic heterocycles. The van der Waals surface area contributed by atoms with Crippen LogP contribution >= 0.6 is 0 Å². The number of hydrogen-bond acceptors (Lipinski definition) is 4. The number of carboxylic acids is 1. The first-order valence-corrected chi connectivity index (χ1v) is 9.14. The first-order valence-electron chi connectivity index (χ1n) is 9.14. The molecule has 2 aromatic rings. The Hall–Kier alpha value is -2.95. The van der Waals surface area contributed by atoms with Gasteiger partial charge in [0.05, 0.1) is 17.7 Å². The molecule has 0 saturated carbocycles. The maximum absolute atomic E-state index is 11.6. The van der Waals surface area contributed by atoms with Gasteiger partial charge >= 0.3 is 11.9 Å². The van der Waals surface area contributed by atoms with Crippen LogP contribution in [-0.4, -0.2) is 36.4 Å². The maximum atomic E-state index is 11.6. The van der Waals surface area contributed by atoms with Crippen LogP contribution in [0.25, 0.3) is 0 Å². The highest BCUT2D eigenvalue weighted by Gasteiger charge is 2.04. The van der Waals surface area contributed by atoms with Crippen molar-refractivity contribution in [3.8, 4) is 0 Å². The molecule has 2 rings (SSSR count). The van der Waals surface area contributed by atoms with E-state index in [0.717, 1.165) is 25.8 Å². The number of esters is 1. The summed E-state index contributed by atoms with van der Waals surface area (Å²) in [7, 11) is 0. The van der Waals surface area contributed by atoms with Crippen molar-refractivity contribution in [2.45, 2.75) is 32.6 Å². The normalized spacial score (nSPS) is 10.1. The lowest BCUT2D eigenvalue weighted by atomic mass is 10.2. The highest BCUT2D eigenvalue weighted by Crippen LogP contribution is 2.01. The van der Waals surface area contributed by atoms with Gasteiger partial charge in [0.1, 0.15) is 0 Å². The van der Waals surface area contributed by atoms with Crippen LogP contribution in [0.4, 0.5) is 0 Å². The van der Waals surface area contributed by atoms with Crippen LogP contribution in [0.5, 0.6) is 0 Å². The monoisotopic (exact) mass is 369 g/mol. The van der Waals surface area contributed by atoms with Crippen LogP contribution < -0.4 is 0 Å². The number of carboxylic acid groups (broad SMARTS) is 1. The van der Waals surface area contributed by atoms with Crippen LogP contribution in [0, 0.1) is 0 Å². The molecule has 5 nitrogen and oxygen atoms in total. The van der Waals surface area contributed by atoms with E-state index in [2.05, 4.69) is 11.9 Å². The second-order valence-corrected chi connectivity index (χ2v) is 5.76.